The van der Waals surface area contributed by atoms with E-state index in [2.05, 4.69) is 10.1 Å². The number of aryl methyl sites for hydroxylation is 2. The minimum atomic E-state index is -0.729. The molecule has 8 heteroatoms. The molecule has 27 heavy (non-hydrogen) atoms. The molecule has 1 aromatic heterocycles. The molecule has 0 amide bonds. The maximum Gasteiger partial charge on any atom is 0.315 e. The Hall–Kier alpha value is -3.03. The Morgan fingerprint density at radius 2 is 2.04 bits per heavy atom. The zero-order valence-electron chi connectivity index (χ0n) is 15.8. The van der Waals surface area contributed by atoms with Gasteiger partial charge >= 0.3 is 5.97 Å². The van der Waals surface area contributed by atoms with Crippen LogP contribution in [0, 0.1) is 16.0 Å². The quantitative estimate of drug-likeness (QED) is 0.457. The molecule has 142 valence electrons. The van der Waals surface area contributed by atoms with E-state index in [1.54, 1.807) is 43.8 Å². The Balaban J connectivity index is 2.31. The fraction of sp³-hybridized carbons (Fsp3) is 0.421. The minimum Gasteiger partial charge on any atom is -0.465 e. The molecule has 2 unspecified atom stereocenters. The third kappa shape index (κ3) is 3.11. The topological polar surface area (TPSA) is 99.6 Å². The molecule has 1 aliphatic heterocycles. The van der Waals surface area contributed by atoms with E-state index in [9.17, 15) is 14.9 Å². The Morgan fingerprint density at radius 3 is 2.67 bits per heavy atom. The van der Waals surface area contributed by atoms with Crippen LogP contribution in [0.3, 0.4) is 0 Å². The number of hydrogen-bond acceptors (Lipinski definition) is 6. The van der Waals surface area contributed by atoms with Gasteiger partial charge in [0.15, 0.2) is 5.82 Å². The molecule has 0 spiro atoms. The van der Waals surface area contributed by atoms with E-state index < -0.39 is 22.7 Å². The number of nitro groups is 1. The summed E-state index contributed by atoms with van der Waals surface area (Å²) >= 11 is 0. The number of esters is 1. The van der Waals surface area contributed by atoms with Gasteiger partial charge in [0.05, 0.1) is 17.2 Å². The van der Waals surface area contributed by atoms with Gasteiger partial charge in [0.1, 0.15) is 5.92 Å². The lowest BCUT2D eigenvalue weighted by Crippen LogP contribution is -2.34. The van der Waals surface area contributed by atoms with Gasteiger partial charge in [-0.3, -0.25) is 19.6 Å². The number of hydrogen-bond donors (Lipinski definition) is 0. The van der Waals surface area contributed by atoms with Gasteiger partial charge in [-0.15, -0.1) is 0 Å². The third-order valence-corrected chi connectivity index (χ3v) is 4.85. The monoisotopic (exact) mass is 370 g/mol. The molecule has 0 aliphatic carbocycles. The lowest BCUT2D eigenvalue weighted by molar-refractivity contribution is -0.385. The van der Waals surface area contributed by atoms with Crippen molar-refractivity contribution in [2.45, 2.75) is 33.1 Å². The summed E-state index contributed by atoms with van der Waals surface area (Å²) in [4.78, 5) is 28.6. The normalized spacial score (nSPS) is 18.6. The van der Waals surface area contributed by atoms with Gasteiger partial charge in [-0.05, 0) is 20.3 Å². The van der Waals surface area contributed by atoms with E-state index in [-0.39, 0.29) is 12.3 Å². The van der Waals surface area contributed by atoms with E-state index in [0.29, 0.717) is 23.5 Å². The standard InChI is InChI=1S/C19H22N4O4/c1-5-13-17-16(12-9-7-8-10-14(12)23(25)26)15(19(24)27-6-2)11(3)20-18(17)22(4)21-13/h7-10,15-16H,5-6H2,1-4H3. The second-order valence-electron chi connectivity index (χ2n) is 6.44. The SMILES string of the molecule is CCOC(=O)C1C(C)=Nc2c(c(CC)nn2C)C1c1ccccc1[N+](=O)[O-]. The predicted molar refractivity (Wildman–Crippen MR) is 100 cm³/mol. The van der Waals surface area contributed by atoms with E-state index >= 15 is 0 Å². The molecule has 1 aliphatic rings. The number of carbonyl (C=O) groups excluding carboxylic acids is 1. The smallest absolute Gasteiger partial charge is 0.315 e. The highest BCUT2D eigenvalue weighted by Crippen LogP contribution is 2.46. The van der Waals surface area contributed by atoms with Crippen molar-refractivity contribution < 1.29 is 14.5 Å². The summed E-state index contributed by atoms with van der Waals surface area (Å²) in [6.45, 7) is 5.68. The summed E-state index contributed by atoms with van der Waals surface area (Å²) in [7, 11) is 1.79. The molecule has 0 saturated heterocycles. The average Bonchev–Trinajstić information content (AvgIpc) is 2.96. The Bertz CT molecular complexity index is 932. The first-order chi connectivity index (χ1) is 12.9. The van der Waals surface area contributed by atoms with Crippen molar-refractivity contribution in [3.05, 3.63) is 51.2 Å². The molecule has 2 heterocycles. The zero-order chi connectivity index (χ0) is 19.7. The van der Waals surface area contributed by atoms with Gasteiger partial charge in [-0.2, -0.15) is 5.10 Å². The van der Waals surface area contributed by atoms with Crippen LogP contribution in [-0.2, 0) is 23.0 Å². The van der Waals surface area contributed by atoms with Crippen LogP contribution < -0.4 is 0 Å². The van der Waals surface area contributed by atoms with Crippen LogP contribution in [-0.4, -0.2) is 33.0 Å². The highest BCUT2D eigenvalue weighted by Gasteiger charge is 2.43. The number of ether oxygens (including phenoxy) is 1. The Morgan fingerprint density at radius 1 is 1.33 bits per heavy atom. The number of para-hydroxylation sites is 1. The molecular formula is C19H22N4O4. The van der Waals surface area contributed by atoms with E-state index in [1.165, 1.54) is 6.07 Å². The molecule has 0 saturated carbocycles. The lowest BCUT2D eigenvalue weighted by atomic mass is 9.75. The van der Waals surface area contributed by atoms with Gasteiger partial charge in [-0.1, -0.05) is 25.1 Å². The summed E-state index contributed by atoms with van der Waals surface area (Å²) in [6, 6.07) is 6.52. The number of benzene rings is 1. The van der Waals surface area contributed by atoms with Crippen molar-refractivity contribution in [2.75, 3.05) is 6.61 Å². The van der Waals surface area contributed by atoms with Crippen molar-refractivity contribution in [3.63, 3.8) is 0 Å². The first-order valence-corrected chi connectivity index (χ1v) is 8.91. The summed E-state index contributed by atoms with van der Waals surface area (Å²) in [5, 5.41) is 16.2. The molecule has 8 nitrogen and oxygen atoms in total. The molecule has 0 radical (unpaired) electrons. The second-order valence-corrected chi connectivity index (χ2v) is 6.44. The maximum atomic E-state index is 12.8. The van der Waals surface area contributed by atoms with Crippen LogP contribution in [0.15, 0.2) is 29.3 Å². The van der Waals surface area contributed by atoms with Crippen LogP contribution in [0.25, 0.3) is 0 Å². The highest BCUT2D eigenvalue weighted by molar-refractivity contribution is 6.05. The summed E-state index contributed by atoms with van der Waals surface area (Å²) < 4.78 is 6.95. The number of nitro benzene ring substituents is 1. The van der Waals surface area contributed by atoms with E-state index in [4.69, 9.17) is 4.74 Å². The van der Waals surface area contributed by atoms with Gasteiger partial charge in [0.2, 0.25) is 0 Å². The first kappa shape index (κ1) is 18.8. The van der Waals surface area contributed by atoms with Crippen LogP contribution in [0.4, 0.5) is 11.5 Å². The van der Waals surface area contributed by atoms with Crippen LogP contribution in [0.1, 0.15) is 43.5 Å². The molecule has 2 atom stereocenters. The van der Waals surface area contributed by atoms with Crippen molar-refractivity contribution in [3.8, 4) is 0 Å². The number of nitrogens with zero attached hydrogens (tertiary/aromatic N) is 4. The highest BCUT2D eigenvalue weighted by atomic mass is 16.6. The molecule has 0 bridgehead atoms. The molecule has 1 aromatic carbocycles. The predicted octanol–water partition coefficient (Wildman–Crippen LogP) is 3.31. The largest absolute Gasteiger partial charge is 0.465 e. The number of aromatic nitrogens is 2. The number of fused-ring (bicyclic) bond motifs is 1. The molecule has 2 aromatic rings. The fourth-order valence-electron chi connectivity index (χ4n) is 3.73. The minimum absolute atomic E-state index is 0.0247. The third-order valence-electron chi connectivity index (χ3n) is 4.85. The van der Waals surface area contributed by atoms with Gasteiger partial charge < -0.3 is 4.74 Å². The van der Waals surface area contributed by atoms with E-state index in [1.807, 2.05) is 6.92 Å². The summed E-state index contributed by atoms with van der Waals surface area (Å²) in [5.74, 6) is -1.10. The fourth-order valence-corrected chi connectivity index (χ4v) is 3.73. The Labute approximate surface area is 157 Å². The van der Waals surface area contributed by atoms with Crippen LogP contribution in [0.2, 0.25) is 0 Å². The summed E-state index contributed by atoms with van der Waals surface area (Å²) in [6.07, 6.45) is 0.629. The Kier molecular flexibility index (Phi) is 5.07. The maximum absolute atomic E-state index is 12.8. The molecule has 3 rings (SSSR count). The van der Waals surface area contributed by atoms with Crippen molar-refractivity contribution in [1.29, 1.82) is 0 Å². The van der Waals surface area contributed by atoms with Crippen molar-refractivity contribution in [1.82, 2.24) is 9.78 Å². The van der Waals surface area contributed by atoms with Crippen LogP contribution in [0.5, 0.6) is 0 Å². The number of carbonyl (C=O) groups is 1. The van der Waals surface area contributed by atoms with E-state index in [0.717, 1.165) is 11.3 Å². The van der Waals surface area contributed by atoms with Crippen LogP contribution >= 0.6 is 0 Å². The lowest BCUT2D eigenvalue weighted by Gasteiger charge is -2.29. The summed E-state index contributed by atoms with van der Waals surface area (Å²) in [5.41, 5.74) is 2.55. The zero-order valence-corrected chi connectivity index (χ0v) is 15.8. The first-order valence-electron chi connectivity index (χ1n) is 8.91. The van der Waals surface area contributed by atoms with Gasteiger partial charge in [0.25, 0.3) is 5.69 Å². The van der Waals surface area contributed by atoms with Gasteiger partial charge in [-0.25, -0.2) is 4.99 Å². The molecule has 0 N–H and O–H groups in total. The molecule has 0 fully saturated rings. The second kappa shape index (κ2) is 7.30. The number of aliphatic imine (C=N–C) groups is 1. The van der Waals surface area contributed by atoms with Gasteiger partial charge in [0, 0.05) is 35.9 Å². The number of rotatable bonds is 5. The average molecular weight is 370 g/mol. The van der Waals surface area contributed by atoms with Crippen molar-refractivity contribution >= 4 is 23.2 Å². The van der Waals surface area contributed by atoms with Crippen molar-refractivity contribution in [2.24, 2.45) is 18.0 Å². The molecular weight excluding hydrogens is 348 g/mol.